The predicted octanol–water partition coefficient (Wildman–Crippen LogP) is 2.04. The molecule has 0 saturated carbocycles. The van der Waals surface area contributed by atoms with Crippen molar-refractivity contribution in [3.63, 3.8) is 0 Å². The molecule has 4 nitrogen and oxygen atoms in total. The third kappa shape index (κ3) is 4.57. The number of hydrogen-bond donors (Lipinski definition) is 1. The van der Waals surface area contributed by atoms with Crippen molar-refractivity contribution >= 4 is 12.2 Å². The fourth-order valence-corrected chi connectivity index (χ4v) is 1.25. The van der Waals surface area contributed by atoms with Gasteiger partial charge in [0.25, 0.3) is 5.91 Å². The number of ether oxygens (including phenoxy) is 1. The first kappa shape index (κ1) is 14.2. The zero-order chi connectivity index (χ0) is 13.5. The van der Waals surface area contributed by atoms with E-state index in [-0.39, 0.29) is 18.6 Å². The van der Waals surface area contributed by atoms with E-state index in [1.807, 2.05) is 20.8 Å². The molecule has 0 aromatic heterocycles. The molecule has 0 heterocycles. The molecule has 0 spiro atoms. The fraction of sp³-hybridized carbons (Fsp3) is 0.429. The molecule has 0 radical (unpaired) electrons. The van der Waals surface area contributed by atoms with Gasteiger partial charge in [0.2, 0.25) is 0 Å². The van der Waals surface area contributed by atoms with Crippen molar-refractivity contribution in [1.29, 1.82) is 0 Å². The summed E-state index contributed by atoms with van der Waals surface area (Å²) in [4.78, 5) is 22.0. The molecular formula is C14H19NO3. The van der Waals surface area contributed by atoms with Crippen LogP contribution in [-0.2, 0) is 4.79 Å². The minimum absolute atomic E-state index is 0.0164. The minimum Gasteiger partial charge on any atom is -0.484 e. The van der Waals surface area contributed by atoms with E-state index >= 15 is 0 Å². The summed E-state index contributed by atoms with van der Waals surface area (Å²) in [7, 11) is 0. The van der Waals surface area contributed by atoms with E-state index in [9.17, 15) is 9.59 Å². The fourth-order valence-electron chi connectivity index (χ4n) is 1.25. The van der Waals surface area contributed by atoms with Crippen molar-refractivity contribution < 1.29 is 14.3 Å². The first-order valence-electron chi connectivity index (χ1n) is 6.00. The number of nitrogens with one attached hydrogen (secondary N) is 1. The molecule has 1 unspecified atom stereocenters. The van der Waals surface area contributed by atoms with Gasteiger partial charge in [-0.1, -0.05) is 13.8 Å². The Morgan fingerprint density at radius 2 is 1.89 bits per heavy atom. The lowest BCUT2D eigenvalue weighted by molar-refractivity contribution is -0.124. The SMILES string of the molecule is CC(C)C(C)NC(=O)COc1ccc(C=O)cc1. The summed E-state index contributed by atoms with van der Waals surface area (Å²) in [6, 6.07) is 6.76. The van der Waals surface area contributed by atoms with Crippen LogP contribution in [0.2, 0.25) is 0 Å². The molecule has 0 bridgehead atoms. The lowest BCUT2D eigenvalue weighted by Gasteiger charge is -2.17. The lowest BCUT2D eigenvalue weighted by atomic mass is 10.1. The van der Waals surface area contributed by atoms with Crippen molar-refractivity contribution in [3.05, 3.63) is 29.8 Å². The van der Waals surface area contributed by atoms with Gasteiger partial charge >= 0.3 is 0 Å². The molecule has 98 valence electrons. The smallest absolute Gasteiger partial charge is 0.258 e. The molecule has 1 rings (SSSR count). The topological polar surface area (TPSA) is 55.4 Å². The zero-order valence-electron chi connectivity index (χ0n) is 11.0. The molecule has 1 aromatic carbocycles. The third-order valence-electron chi connectivity index (χ3n) is 2.77. The molecule has 4 heteroatoms. The van der Waals surface area contributed by atoms with Crippen molar-refractivity contribution in [1.82, 2.24) is 5.32 Å². The van der Waals surface area contributed by atoms with Gasteiger partial charge in [-0.2, -0.15) is 0 Å². The highest BCUT2D eigenvalue weighted by Gasteiger charge is 2.10. The number of aldehydes is 1. The highest BCUT2D eigenvalue weighted by molar-refractivity contribution is 5.78. The van der Waals surface area contributed by atoms with Crippen molar-refractivity contribution in [2.24, 2.45) is 5.92 Å². The second-order valence-corrected chi connectivity index (χ2v) is 4.58. The van der Waals surface area contributed by atoms with Gasteiger partial charge in [0.15, 0.2) is 6.61 Å². The summed E-state index contributed by atoms with van der Waals surface area (Å²) in [5.41, 5.74) is 0.584. The zero-order valence-corrected chi connectivity index (χ0v) is 11.0. The average molecular weight is 249 g/mol. The molecule has 0 saturated heterocycles. The van der Waals surface area contributed by atoms with Crippen LogP contribution < -0.4 is 10.1 Å². The van der Waals surface area contributed by atoms with Gasteiger partial charge in [-0.05, 0) is 37.1 Å². The van der Waals surface area contributed by atoms with E-state index in [1.54, 1.807) is 24.3 Å². The van der Waals surface area contributed by atoms with Gasteiger partial charge in [0.1, 0.15) is 12.0 Å². The summed E-state index contributed by atoms with van der Waals surface area (Å²) in [5, 5.41) is 2.85. The van der Waals surface area contributed by atoms with Crippen LogP contribution in [0.1, 0.15) is 31.1 Å². The number of carbonyl (C=O) groups excluding carboxylic acids is 2. The number of hydrogen-bond acceptors (Lipinski definition) is 3. The van der Waals surface area contributed by atoms with Crippen LogP contribution >= 0.6 is 0 Å². The average Bonchev–Trinajstić information content (AvgIpc) is 2.36. The van der Waals surface area contributed by atoms with Crippen LogP contribution in [0.15, 0.2) is 24.3 Å². The molecule has 1 amide bonds. The van der Waals surface area contributed by atoms with E-state index in [2.05, 4.69) is 5.32 Å². The van der Waals surface area contributed by atoms with Gasteiger partial charge in [0.05, 0.1) is 0 Å². The van der Waals surface area contributed by atoms with E-state index in [1.165, 1.54) is 0 Å². The number of rotatable bonds is 6. The Morgan fingerprint density at radius 3 is 2.39 bits per heavy atom. The van der Waals surface area contributed by atoms with Gasteiger partial charge < -0.3 is 10.1 Å². The Bertz CT molecular complexity index is 398. The van der Waals surface area contributed by atoms with Crippen LogP contribution in [0, 0.1) is 5.92 Å². The van der Waals surface area contributed by atoms with Crippen LogP contribution in [0.3, 0.4) is 0 Å². The summed E-state index contributed by atoms with van der Waals surface area (Å²) < 4.78 is 5.32. The summed E-state index contributed by atoms with van der Waals surface area (Å²) in [6.45, 7) is 6.03. The summed E-state index contributed by atoms with van der Waals surface area (Å²) in [5.74, 6) is 0.824. The number of benzene rings is 1. The second kappa shape index (κ2) is 6.79. The Balaban J connectivity index is 2.40. The van der Waals surface area contributed by atoms with Crippen molar-refractivity contribution in [2.75, 3.05) is 6.61 Å². The Morgan fingerprint density at radius 1 is 1.28 bits per heavy atom. The van der Waals surface area contributed by atoms with Crippen LogP contribution in [0.4, 0.5) is 0 Å². The highest BCUT2D eigenvalue weighted by Crippen LogP contribution is 2.10. The lowest BCUT2D eigenvalue weighted by Crippen LogP contribution is -2.38. The maximum absolute atomic E-state index is 11.6. The monoisotopic (exact) mass is 249 g/mol. The van der Waals surface area contributed by atoms with Gasteiger partial charge in [0, 0.05) is 11.6 Å². The largest absolute Gasteiger partial charge is 0.484 e. The molecule has 1 N–H and O–H groups in total. The number of amides is 1. The molecule has 0 aliphatic carbocycles. The van der Waals surface area contributed by atoms with E-state index < -0.39 is 0 Å². The first-order valence-corrected chi connectivity index (χ1v) is 6.00. The van der Waals surface area contributed by atoms with Gasteiger partial charge in [-0.15, -0.1) is 0 Å². The van der Waals surface area contributed by atoms with E-state index in [0.717, 1.165) is 6.29 Å². The Labute approximate surface area is 107 Å². The first-order chi connectivity index (χ1) is 8.52. The Hall–Kier alpha value is -1.84. The normalized spacial score (nSPS) is 12.0. The molecule has 18 heavy (non-hydrogen) atoms. The summed E-state index contributed by atoms with van der Waals surface area (Å²) in [6.07, 6.45) is 0.765. The molecule has 1 aromatic rings. The van der Waals surface area contributed by atoms with Crippen LogP contribution in [0.5, 0.6) is 5.75 Å². The maximum atomic E-state index is 11.6. The second-order valence-electron chi connectivity index (χ2n) is 4.58. The molecule has 0 fully saturated rings. The van der Waals surface area contributed by atoms with Gasteiger partial charge in [-0.25, -0.2) is 0 Å². The highest BCUT2D eigenvalue weighted by atomic mass is 16.5. The number of carbonyl (C=O) groups is 2. The van der Waals surface area contributed by atoms with Crippen LogP contribution in [-0.4, -0.2) is 24.8 Å². The van der Waals surface area contributed by atoms with Crippen molar-refractivity contribution in [2.45, 2.75) is 26.8 Å². The third-order valence-corrected chi connectivity index (χ3v) is 2.77. The predicted molar refractivity (Wildman–Crippen MR) is 69.8 cm³/mol. The molecule has 0 aliphatic rings. The van der Waals surface area contributed by atoms with E-state index in [0.29, 0.717) is 17.2 Å². The van der Waals surface area contributed by atoms with Crippen molar-refractivity contribution in [3.8, 4) is 5.75 Å². The molecule has 0 aliphatic heterocycles. The van der Waals surface area contributed by atoms with Crippen LogP contribution in [0.25, 0.3) is 0 Å². The molecule has 1 atom stereocenters. The molecular weight excluding hydrogens is 230 g/mol. The summed E-state index contributed by atoms with van der Waals surface area (Å²) >= 11 is 0. The Kier molecular flexibility index (Phi) is 5.36. The quantitative estimate of drug-likeness (QED) is 0.785. The maximum Gasteiger partial charge on any atom is 0.258 e. The van der Waals surface area contributed by atoms with E-state index in [4.69, 9.17) is 4.74 Å². The standard InChI is InChI=1S/C14H19NO3/c1-10(2)11(3)15-14(17)9-18-13-6-4-12(8-16)5-7-13/h4-8,10-11H,9H2,1-3H3,(H,15,17). The minimum atomic E-state index is -0.143. The van der Waals surface area contributed by atoms with Gasteiger partial charge in [-0.3, -0.25) is 9.59 Å².